The Morgan fingerprint density at radius 1 is 1.64 bits per heavy atom. The van der Waals surface area contributed by atoms with Gasteiger partial charge in [-0.15, -0.1) is 0 Å². The van der Waals surface area contributed by atoms with Gasteiger partial charge in [0.1, 0.15) is 0 Å². The Morgan fingerprint density at radius 3 is 2.73 bits per heavy atom. The van der Waals surface area contributed by atoms with Gasteiger partial charge in [-0.1, -0.05) is 0 Å². The topological polar surface area (TPSA) is 70.2 Å². The summed E-state index contributed by atoms with van der Waals surface area (Å²) in [7, 11) is 0. The molecule has 0 atom stereocenters. The predicted octanol–water partition coefficient (Wildman–Crippen LogP) is 1.11. The smallest absolute Gasteiger partial charge is 0.258 e. The van der Waals surface area contributed by atoms with Crippen LogP contribution in [0.2, 0.25) is 10.4 Å². The molecular formula is C4H2Cl2N3O2+. The molecule has 0 unspecified atom stereocenters. The number of nitrogens with zero attached hydrogens (tertiary/aromatic N) is 2. The van der Waals surface area contributed by atoms with Crippen molar-refractivity contribution in [3.8, 4) is 0 Å². The molecule has 0 fully saturated rings. The van der Waals surface area contributed by atoms with Crippen LogP contribution in [0.25, 0.3) is 0 Å². The Labute approximate surface area is 71.1 Å². The summed E-state index contributed by atoms with van der Waals surface area (Å²) in [6.45, 7) is 0. The number of H-pyrrole nitrogens is 1. The highest BCUT2D eigenvalue weighted by atomic mass is 35.5. The molecule has 0 amide bonds. The van der Waals surface area contributed by atoms with E-state index in [2.05, 4.69) is 9.97 Å². The first-order valence-corrected chi connectivity index (χ1v) is 3.25. The summed E-state index contributed by atoms with van der Waals surface area (Å²) >= 11 is 10.7. The Bertz CT molecular complexity index is 303. The minimum atomic E-state index is -0.651. The van der Waals surface area contributed by atoms with Gasteiger partial charge in [-0.2, -0.15) is 0 Å². The van der Waals surface area contributed by atoms with Gasteiger partial charge in [0.25, 0.3) is 0 Å². The van der Waals surface area contributed by atoms with Crippen molar-refractivity contribution in [1.29, 1.82) is 0 Å². The summed E-state index contributed by atoms with van der Waals surface area (Å²) in [6.07, 6.45) is 1.08. The highest BCUT2D eigenvalue weighted by Crippen LogP contribution is 2.19. The van der Waals surface area contributed by atoms with Gasteiger partial charge in [0.15, 0.2) is 6.20 Å². The first kappa shape index (κ1) is 8.16. The first-order chi connectivity index (χ1) is 5.11. The van der Waals surface area contributed by atoms with E-state index in [1.807, 2.05) is 0 Å². The van der Waals surface area contributed by atoms with Gasteiger partial charge >= 0.3 is 16.1 Å². The molecule has 58 valence electrons. The van der Waals surface area contributed by atoms with Gasteiger partial charge in [0.2, 0.25) is 0 Å². The summed E-state index contributed by atoms with van der Waals surface area (Å²) < 4.78 is 0. The predicted molar refractivity (Wildman–Crippen MR) is 37.5 cm³/mol. The molecule has 0 aromatic carbocycles. The maximum Gasteiger partial charge on any atom is 0.395 e. The molecule has 0 aliphatic rings. The minimum Gasteiger partial charge on any atom is -0.258 e. The summed E-state index contributed by atoms with van der Waals surface area (Å²) in [5.41, 5.74) is -0.295. The highest BCUT2D eigenvalue weighted by Gasteiger charge is 2.20. The van der Waals surface area contributed by atoms with Crippen molar-refractivity contribution in [1.82, 2.24) is 4.98 Å². The van der Waals surface area contributed by atoms with Crippen molar-refractivity contribution < 1.29 is 9.91 Å². The quantitative estimate of drug-likeness (QED) is 0.291. The molecule has 0 aliphatic carbocycles. The summed E-state index contributed by atoms with van der Waals surface area (Å²) in [5, 5.41) is 9.94. The Balaban J connectivity index is 3.20. The third-order valence-electron chi connectivity index (χ3n) is 0.932. The van der Waals surface area contributed by atoms with Gasteiger partial charge in [-0.25, -0.2) is 4.98 Å². The van der Waals surface area contributed by atoms with Gasteiger partial charge in [-0.3, -0.25) is 10.1 Å². The zero-order valence-electron chi connectivity index (χ0n) is 5.04. The molecule has 0 aliphatic heterocycles. The number of hydrogen-bond acceptors (Lipinski definition) is 3. The first-order valence-electron chi connectivity index (χ1n) is 2.49. The summed E-state index contributed by atoms with van der Waals surface area (Å²) in [5.74, 6) is 0. The fourth-order valence-electron chi connectivity index (χ4n) is 0.491. The standard InChI is InChI=1S/C4HCl2N3O2/c5-3-2(9(10)11)1-7-4(6)8-3/h1H/p+1. The van der Waals surface area contributed by atoms with E-state index >= 15 is 0 Å². The lowest BCUT2D eigenvalue weighted by atomic mass is 10.6. The maximum atomic E-state index is 10.2. The van der Waals surface area contributed by atoms with Crippen LogP contribution in [0.5, 0.6) is 0 Å². The van der Waals surface area contributed by atoms with Crippen molar-refractivity contribution in [3.63, 3.8) is 0 Å². The van der Waals surface area contributed by atoms with E-state index in [9.17, 15) is 10.1 Å². The van der Waals surface area contributed by atoms with Gasteiger partial charge in [0, 0.05) is 11.6 Å². The second kappa shape index (κ2) is 2.98. The van der Waals surface area contributed by atoms with Gasteiger partial charge < -0.3 is 0 Å². The Morgan fingerprint density at radius 2 is 2.27 bits per heavy atom. The molecule has 1 rings (SSSR count). The lowest BCUT2D eigenvalue weighted by molar-refractivity contribution is -0.421. The van der Waals surface area contributed by atoms with E-state index in [0.717, 1.165) is 6.20 Å². The van der Waals surface area contributed by atoms with Crippen LogP contribution in [0.15, 0.2) is 6.20 Å². The number of hydrogen-bond donors (Lipinski definition) is 0. The lowest BCUT2D eigenvalue weighted by Gasteiger charge is -1.85. The Kier molecular flexibility index (Phi) is 2.21. The lowest BCUT2D eigenvalue weighted by Crippen LogP contribution is -2.07. The van der Waals surface area contributed by atoms with Crippen LogP contribution in [-0.4, -0.2) is 9.91 Å². The summed E-state index contributed by atoms with van der Waals surface area (Å²) in [4.78, 5) is 15.3. The number of aromatic nitrogens is 2. The number of halogens is 2. The largest absolute Gasteiger partial charge is 0.395 e. The minimum absolute atomic E-state index is 0.0144. The van der Waals surface area contributed by atoms with E-state index in [1.165, 1.54) is 0 Å². The zero-order valence-corrected chi connectivity index (χ0v) is 6.56. The monoisotopic (exact) mass is 194 g/mol. The molecule has 5 nitrogen and oxygen atoms in total. The van der Waals surface area contributed by atoms with Crippen molar-refractivity contribution in [2.75, 3.05) is 0 Å². The van der Waals surface area contributed by atoms with E-state index in [0.29, 0.717) is 0 Å². The van der Waals surface area contributed by atoms with Crippen LogP contribution in [0, 0.1) is 10.1 Å². The molecule has 1 aromatic rings. The number of nitrogens with one attached hydrogen (secondary N) is 1. The van der Waals surface area contributed by atoms with Crippen LogP contribution >= 0.6 is 23.2 Å². The van der Waals surface area contributed by atoms with E-state index in [1.54, 1.807) is 0 Å². The number of aromatic amines is 1. The van der Waals surface area contributed by atoms with Gasteiger partial charge in [-0.05, 0) is 16.6 Å². The molecule has 1 heterocycles. The van der Waals surface area contributed by atoms with Crippen molar-refractivity contribution in [2.24, 2.45) is 0 Å². The summed E-state index contributed by atoms with van der Waals surface area (Å²) in [6, 6.07) is 0. The van der Waals surface area contributed by atoms with Crippen molar-refractivity contribution in [2.45, 2.75) is 0 Å². The third-order valence-corrected chi connectivity index (χ3v) is 1.40. The second-order valence-corrected chi connectivity index (χ2v) is 2.34. The highest BCUT2D eigenvalue weighted by molar-refractivity contribution is 6.32. The molecule has 1 aromatic heterocycles. The molecule has 0 saturated carbocycles. The molecule has 7 heteroatoms. The van der Waals surface area contributed by atoms with E-state index < -0.39 is 4.92 Å². The van der Waals surface area contributed by atoms with Crippen LogP contribution in [0.4, 0.5) is 5.69 Å². The van der Waals surface area contributed by atoms with E-state index in [-0.39, 0.29) is 16.1 Å². The average Bonchev–Trinajstić information content (AvgIpc) is 1.85. The van der Waals surface area contributed by atoms with Crippen LogP contribution < -0.4 is 4.98 Å². The van der Waals surface area contributed by atoms with Crippen LogP contribution in [0.3, 0.4) is 0 Å². The molecule has 0 saturated heterocycles. The average molecular weight is 195 g/mol. The normalized spacial score (nSPS) is 9.64. The van der Waals surface area contributed by atoms with Crippen LogP contribution in [-0.2, 0) is 0 Å². The Hall–Kier alpha value is -0.940. The molecule has 0 bridgehead atoms. The molecule has 11 heavy (non-hydrogen) atoms. The number of rotatable bonds is 1. The van der Waals surface area contributed by atoms with Crippen LogP contribution in [0.1, 0.15) is 0 Å². The number of nitro groups is 1. The van der Waals surface area contributed by atoms with Gasteiger partial charge in [0.05, 0.1) is 4.92 Å². The van der Waals surface area contributed by atoms with E-state index in [4.69, 9.17) is 23.2 Å². The molecular weight excluding hydrogens is 193 g/mol. The molecule has 0 spiro atoms. The third kappa shape index (κ3) is 1.75. The van der Waals surface area contributed by atoms with Crippen molar-refractivity contribution in [3.05, 3.63) is 26.7 Å². The molecule has 0 radical (unpaired) electrons. The second-order valence-electron chi connectivity index (χ2n) is 1.62. The SMILES string of the molecule is O=[N+]([O-])c1c[nH+]c(Cl)nc1Cl. The fraction of sp³-hybridized carbons (Fsp3) is 0. The van der Waals surface area contributed by atoms with Crippen molar-refractivity contribution >= 4 is 28.9 Å². The zero-order chi connectivity index (χ0) is 8.43. The maximum absolute atomic E-state index is 10.2. The fourth-order valence-corrected chi connectivity index (χ4v) is 0.882. The molecule has 1 N–H and O–H groups in total.